The Hall–Kier alpha value is -2.95. The Morgan fingerprint density at radius 1 is 0.833 bits per heavy atom. The van der Waals surface area contributed by atoms with E-state index in [1.807, 2.05) is 6.07 Å². The van der Waals surface area contributed by atoms with Gasteiger partial charge < -0.3 is 18.9 Å². The highest BCUT2D eigenvalue weighted by atomic mass is 16.5. The van der Waals surface area contributed by atoms with Crippen LogP contribution in [0.4, 0.5) is 0 Å². The van der Waals surface area contributed by atoms with E-state index in [1.165, 1.54) is 13.2 Å². The fourth-order valence-corrected chi connectivity index (χ4v) is 2.29. The zero-order valence-electron chi connectivity index (χ0n) is 14.2. The quantitative estimate of drug-likeness (QED) is 0.574. The minimum atomic E-state index is -0.174. The third kappa shape index (κ3) is 3.68. The number of benzene rings is 2. The minimum Gasteiger partial charge on any atom is -0.496 e. The van der Waals surface area contributed by atoms with Crippen LogP contribution in [-0.4, -0.2) is 34.2 Å². The van der Waals surface area contributed by atoms with Crippen molar-refractivity contribution in [2.24, 2.45) is 0 Å². The number of ketones is 1. The molecule has 2 rings (SSSR count). The molecule has 0 aliphatic rings. The number of ether oxygens (including phenoxy) is 4. The molecule has 0 radical (unpaired) electrons. The topological polar surface area (TPSA) is 54.0 Å². The largest absolute Gasteiger partial charge is 0.496 e. The van der Waals surface area contributed by atoms with Crippen molar-refractivity contribution in [2.45, 2.75) is 0 Å². The molecule has 0 bridgehead atoms. The maximum atomic E-state index is 12.4. The molecule has 0 N–H and O–H groups in total. The second-order valence-electron chi connectivity index (χ2n) is 4.84. The van der Waals surface area contributed by atoms with Crippen LogP contribution >= 0.6 is 0 Å². The van der Waals surface area contributed by atoms with Crippen LogP contribution in [0.3, 0.4) is 0 Å². The molecular weight excluding hydrogens is 308 g/mol. The van der Waals surface area contributed by atoms with Crippen molar-refractivity contribution in [3.8, 4) is 23.0 Å². The summed E-state index contributed by atoms with van der Waals surface area (Å²) in [5.41, 5.74) is 1.15. The van der Waals surface area contributed by atoms with Crippen LogP contribution in [-0.2, 0) is 0 Å². The van der Waals surface area contributed by atoms with Gasteiger partial charge in [-0.25, -0.2) is 0 Å². The summed E-state index contributed by atoms with van der Waals surface area (Å²) in [6.07, 6.45) is 3.12. The van der Waals surface area contributed by atoms with Gasteiger partial charge in [-0.2, -0.15) is 0 Å². The molecule has 5 nitrogen and oxygen atoms in total. The molecule has 0 fully saturated rings. The van der Waals surface area contributed by atoms with Crippen LogP contribution in [0.5, 0.6) is 23.0 Å². The number of rotatable bonds is 7. The van der Waals surface area contributed by atoms with Gasteiger partial charge in [-0.05, 0) is 24.3 Å². The van der Waals surface area contributed by atoms with Crippen LogP contribution in [0, 0.1) is 0 Å². The fourth-order valence-electron chi connectivity index (χ4n) is 2.29. The molecule has 0 heterocycles. The predicted octanol–water partition coefficient (Wildman–Crippen LogP) is 3.62. The molecule has 0 aliphatic carbocycles. The lowest BCUT2D eigenvalue weighted by molar-refractivity contribution is 0.104. The predicted molar refractivity (Wildman–Crippen MR) is 92.5 cm³/mol. The molecule has 0 unspecified atom stereocenters. The van der Waals surface area contributed by atoms with Gasteiger partial charge in [0.15, 0.2) is 5.78 Å². The lowest BCUT2D eigenvalue weighted by atomic mass is 10.1. The Balaban J connectivity index is 2.39. The maximum absolute atomic E-state index is 12.4. The maximum Gasteiger partial charge on any atom is 0.189 e. The molecule has 2 aromatic rings. The molecule has 0 amide bonds. The minimum absolute atomic E-state index is 0.174. The van der Waals surface area contributed by atoms with Gasteiger partial charge in [0.2, 0.25) is 0 Å². The molecule has 0 saturated heterocycles. The van der Waals surface area contributed by atoms with E-state index in [0.29, 0.717) is 34.1 Å². The molecule has 0 saturated carbocycles. The Kier molecular flexibility index (Phi) is 5.84. The van der Waals surface area contributed by atoms with Gasteiger partial charge in [-0.1, -0.05) is 12.1 Å². The number of hydrogen-bond acceptors (Lipinski definition) is 5. The summed E-state index contributed by atoms with van der Waals surface area (Å²) in [6.45, 7) is 0. The van der Waals surface area contributed by atoms with E-state index in [2.05, 4.69) is 0 Å². The lowest BCUT2D eigenvalue weighted by Crippen LogP contribution is -1.99. The normalized spacial score (nSPS) is 10.5. The van der Waals surface area contributed by atoms with E-state index >= 15 is 0 Å². The van der Waals surface area contributed by atoms with Crippen molar-refractivity contribution in [1.29, 1.82) is 0 Å². The molecular formula is C19H20O5. The number of methoxy groups -OCH3 is 4. The zero-order chi connectivity index (χ0) is 17.5. The van der Waals surface area contributed by atoms with Crippen molar-refractivity contribution in [1.82, 2.24) is 0 Å². The summed E-state index contributed by atoms with van der Waals surface area (Å²) in [4.78, 5) is 12.4. The van der Waals surface area contributed by atoms with Gasteiger partial charge in [0, 0.05) is 12.1 Å². The number of carbonyl (C=O) groups excluding carboxylic acids is 1. The molecule has 24 heavy (non-hydrogen) atoms. The SMILES string of the molecule is COc1cc(OC)c(/C=C/C(=O)c2ccccc2OC)c(OC)c1. The van der Waals surface area contributed by atoms with E-state index in [9.17, 15) is 4.79 Å². The smallest absolute Gasteiger partial charge is 0.189 e. The molecule has 0 atom stereocenters. The van der Waals surface area contributed by atoms with E-state index in [1.54, 1.807) is 57.7 Å². The van der Waals surface area contributed by atoms with Crippen LogP contribution in [0.2, 0.25) is 0 Å². The van der Waals surface area contributed by atoms with Crippen molar-refractivity contribution in [2.75, 3.05) is 28.4 Å². The highest BCUT2D eigenvalue weighted by Crippen LogP contribution is 2.35. The molecule has 0 spiro atoms. The monoisotopic (exact) mass is 328 g/mol. The second-order valence-corrected chi connectivity index (χ2v) is 4.84. The number of hydrogen-bond donors (Lipinski definition) is 0. The third-order valence-electron chi connectivity index (χ3n) is 3.53. The second kappa shape index (κ2) is 8.06. The summed E-state index contributed by atoms with van der Waals surface area (Å²) < 4.78 is 21.2. The molecule has 0 aromatic heterocycles. The Morgan fingerprint density at radius 2 is 1.42 bits per heavy atom. The van der Waals surface area contributed by atoms with E-state index in [4.69, 9.17) is 18.9 Å². The van der Waals surface area contributed by atoms with Gasteiger partial charge in [0.05, 0.1) is 39.6 Å². The van der Waals surface area contributed by atoms with Gasteiger partial charge in [-0.15, -0.1) is 0 Å². The number of carbonyl (C=O) groups is 1. The highest BCUT2D eigenvalue weighted by molar-refractivity contribution is 6.08. The third-order valence-corrected chi connectivity index (χ3v) is 3.53. The van der Waals surface area contributed by atoms with Crippen LogP contribution in [0.15, 0.2) is 42.5 Å². The Bertz CT molecular complexity index is 724. The van der Waals surface area contributed by atoms with Crippen molar-refractivity contribution in [3.05, 3.63) is 53.6 Å². The van der Waals surface area contributed by atoms with Gasteiger partial charge in [0.25, 0.3) is 0 Å². The van der Waals surface area contributed by atoms with E-state index in [0.717, 1.165) is 0 Å². The van der Waals surface area contributed by atoms with Gasteiger partial charge in [-0.3, -0.25) is 4.79 Å². The Morgan fingerprint density at radius 3 is 1.96 bits per heavy atom. The van der Waals surface area contributed by atoms with Crippen molar-refractivity contribution in [3.63, 3.8) is 0 Å². The first-order chi connectivity index (χ1) is 11.6. The molecule has 5 heteroatoms. The molecule has 126 valence electrons. The van der Waals surface area contributed by atoms with Crippen LogP contribution < -0.4 is 18.9 Å². The van der Waals surface area contributed by atoms with Gasteiger partial charge >= 0.3 is 0 Å². The molecule has 2 aromatic carbocycles. The van der Waals surface area contributed by atoms with E-state index in [-0.39, 0.29) is 5.78 Å². The zero-order valence-corrected chi connectivity index (χ0v) is 14.2. The first kappa shape index (κ1) is 17.4. The summed E-state index contributed by atoms with van der Waals surface area (Å²) >= 11 is 0. The van der Waals surface area contributed by atoms with Crippen LogP contribution in [0.1, 0.15) is 15.9 Å². The van der Waals surface area contributed by atoms with Crippen molar-refractivity contribution >= 4 is 11.9 Å². The summed E-state index contributed by atoms with van der Waals surface area (Å²) in [7, 11) is 6.20. The van der Waals surface area contributed by atoms with Crippen LogP contribution in [0.25, 0.3) is 6.08 Å². The highest BCUT2D eigenvalue weighted by Gasteiger charge is 2.13. The Labute approximate surface area is 141 Å². The summed E-state index contributed by atoms with van der Waals surface area (Å²) in [6, 6.07) is 10.5. The number of para-hydroxylation sites is 1. The number of allylic oxidation sites excluding steroid dienone is 1. The standard InChI is InChI=1S/C19H20O5/c1-21-13-11-18(23-3)15(19(12-13)24-4)9-10-16(20)14-7-5-6-8-17(14)22-2/h5-12H,1-4H3/b10-9+. The summed E-state index contributed by atoms with van der Waals surface area (Å²) in [5.74, 6) is 2.07. The van der Waals surface area contributed by atoms with Crippen molar-refractivity contribution < 1.29 is 23.7 Å². The first-order valence-corrected chi connectivity index (χ1v) is 7.30. The molecule has 0 aliphatic heterocycles. The fraction of sp³-hybridized carbons (Fsp3) is 0.211. The average Bonchev–Trinajstić information content (AvgIpc) is 2.65. The van der Waals surface area contributed by atoms with E-state index < -0.39 is 0 Å². The lowest BCUT2D eigenvalue weighted by Gasteiger charge is -2.12. The summed E-state index contributed by atoms with van der Waals surface area (Å²) in [5, 5.41) is 0. The average molecular weight is 328 g/mol. The van der Waals surface area contributed by atoms with Gasteiger partial charge in [0.1, 0.15) is 23.0 Å². The first-order valence-electron chi connectivity index (χ1n) is 7.30.